The second-order valence-corrected chi connectivity index (χ2v) is 5.83. The summed E-state index contributed by atoms with van der Waals surface area (Å²) in [6.07, 6.45) is 4.04. The van der Waals surface area contributed by atoms with Crippen LogP contribution in [-0.4, -0.2) is 36.1 Å². The molecule has 4 rings (SSSR count). The van der Waals surface area contributed by atoms with E-state index in [4.69, 9.17) is 0 Å². The lowest BCUT2D eigenvalue weighted by atomic mass is 9.89. The molecule has 1 atom stereocenters. The highest BCUT2D eigenvalue weighted by Crippen LogP contribution is 2.23. The van der Waals surface area contributed by atoms with E-state index in [0.29, 0.717) is 18.8 Å². The molecule has 122 valence electrons. The number of carbonyl (C=O) groups is 1. The molecule has 0 aliphatic heterocycles. The van der Waals surface area contributed by atoms with Gasteiger partial charge in [-0.25, -0.2) is 4.98 Å². The van der Waals surface area contributed by atoms with Crippen LogP contribution in [0.1, 0.15) is 23.6 Å². The number of hydrogen-bond acceptors (Lipinski definition) is 5. The van der Waals surface area contributed by atoms with E-state index in [2.05, 4.69) is 30.8 Å². The third-order valence-electron chi connectivity index (χ3n) is 4.31. The molecule has 1 aliphatic rings. The number of tetrazole rings is 1. The van der Waals surface area contributed by atoms with Gasteiger partial charge in [-0.05, 0) is 35.4 Å². The zero-order valence-electron chi connectivity index (χ0n) is 13.0. The molecule has 8 nitrogen and oxygen atoms in total. The maximum absolute atomic E-state index is 12.4. The summed E-state index contributed by atoms with van der Waals surface area (Å²) in [6, 6.07) is 9.61. The third kappa shape index (κ3) is 2.78. The molecule has 0 saturated carbocycles. The van der Waals surface area contributed by atoms with E-state index in [1.165, 1.54) is 0 Å². The third-order valence-corrected chi connectivity index (χ3v) is 4.31. The highest BCUT2D eigenvalue weighted by molar-refractivity contribution is 5.79. The summed E-state index contributed by atoms with van der Waals surface area (Å²) in [5, 5.41) is 14.7. The van der Waals surface area contributed by atoms with Gasteiger partial charge in [0.1, 0.15) is 0 Å². The van der Waals surface area contributed by atoms with Crippen LogP contribution in [0, 0.1) is 5.92 Å². The van der Waals surface area contributed by atoms with Crippen LogP contribution in [0.3, 0.4) is 0 Å². The SMILES string of the molecule is O=C(NCc1nnnn1-c1ccccc1)C1CCc2nc[nH]c2C1. The Morgan fingerprint density at radius 3 is 3.08 bits per heavy atom. The summed E-state index contributed by atoms with van der Waals surface area (Å²) in [5.41, 5.74) is 3.01. The van der Waals surface area contributed by atoms with E-state index in [1.807, 2.05) is 30.3 Å². The first-order chi connectivity index (χ1) is 11.8. The number of hydrogen-bond donors (Lipinski definition) is 2. The Kier molecular flexibility index (Phi) is 3.78. The summed E-state index contributed by atoms with van der Waals surface area (Å²) >= 11 is 0. The van der Waals surface area contributed by atoms with Crippen molar-refractivity contribution in [3.63, 3.8) is 0 Å². The molecule has 0 saturated heterocycles. The van der Waals surface area contributed by atoms with Crippen LogP contribution >= 0.6 is 0 Å². The topological polar surface area (TPSA) is 101 Å². The number of benzene rings is 1. The Balaban J connectivity index is 1.41. The minimum absolute atomic E-state index is 0.0258. The number of aryl methyl sites for hydroxylation is 1. The lowest BCUT2D eigenvalue weighted by Crippen LogP contribution is -2.34. The van der Waals surface area contributed by atoms with Crippen molar-refractivity contribution in [2.75, 3.05) is 0 Å². The fourth-order valence-electron chi connectivity index (χ4n) is 3.02. The number of nitrogens with one attached hydrogen (secondary N) is 2. The highest BCUT2D eigenvalue weighted by atomic mass is 16.1. The standard InChI is InChI=1S/C16H17N7O/c24-16(11-6-7-13-14(8-11)19-10-18-13)17-9-15-20-21-22-23(15)12-4-2-1-3-5-12/h1-5,10-11H,6-9H2,(H,17,24)(H,18,19). The number of aromatic nitrogens is 6. The van der Waals surface area contributed by atoms with Crippen LogP contribution in [0.4, 0.5) is 0 Å². The van der Waals surface area contributed by atoms with E-state index in [-0.39, 0.29) is 11.8 Å². The Morgan fingerprint density at radius 2 is 2.21 bits per heavy atom. The second-order valence-electron chi connectivity index (χ2n) is 5.83. The molecular formula is C16H17N7O. The molecule has 24 heavy (non-hydrogen) atoms. The summed E-state index contributed by atoms with van der Waals surface area (Å²) in [4.78, 5) is 19.8. The molecule has 1 aromatic carbocycles. The lowest BCUT2D eigenvalue weighted by Gasteiger charge is -2.20. The Morgan fingerprint density at radius 1 is 1.33 bits per heavy atom. The molecule has 1 aliphatic carbocycles. The molecular weight excluding hydrogens is 306 g/mol. The molecule has 2 heterocycles. The Labute approximate surface area is 138 Å². The molecule has 2 N–H and O–H groups in total. The lowest BCUT2D eigenvalue weighted by molar-refractivity contribution is -0.125. The maximum Gasteiger partial charge on any atom is 0.223 e. The van der Waals surface area contributed by atoms with Gasteiger partial charge in [-0.15, -0.1) is 5.10 Å². The van der Waals surface area contributed by atoms with Gasteiger partial charge in [0.2, 0.25) is 5.91 Å². The van der Waals surface area contributed by atoms with Gasteiger partial charge in [-0.3, -0.25) is 4.79 Å². The number of para-hydroxylation sites is 1. The quantitative estimate of drug-likeness (QED) is 0.740. The zero-order chi connectivity index (χ0) is 16.4. The summed E-state index contributed by atoms with van der Waals surface area (Å²) in [6.45, 7) is 0.299. The van der Waals surface area contributed by atoms with Gasteiger partial charge in [0.25, 0.3) is 0 Å². The molecule has 8 heteroatoms. The van der Waals surface area contributed by atoms with E-state index < -0.39 is 0 Å². The summed E-state index contributed by atoms with van der Waals surface area (Å²) in [5.74, 6) is 0.587. The van der Waals surface area contributed by atoms with Gasteiger partial charge in [-0.1, -0.05) is 18.2 Å². The fourth-order valence-corrected chi connectivity index (χ4v) is 3.02. The predicted octanol–water partition coefficient (Wildman–Crippen LogP) is 0.807. The van der Waals surface area contributed by atoms with Crippen LogP contribution in [0.5, 0.6) is 0 Å². The van der Waals surface area contributed by atoms with Crippen molar-refractivity contribution >= 4 is 5.91 Å². The smallest absolute Gasteiger partial charge is 0.223 e. The molecule has 0 bridgehead atoms. The van der Waals surface area contributed by atoms with Crippen LogP contribution in [0.2, 0.25) is 0 Å². The molecule has 0 fully saturated rings. The van der Waals surface area contributed by atoms with Gasteiger partial charge < -0.3 is 10.3 Å². The fraction of sp³-hybridized carbons (Fsp3) is 0.312. The van der Waals surface area contributed by atoms with Gasteiger partial charge >= 0.3 is 0 Å². The molecule has 0 spiro atoms. The minimum atomic E-state index is -0.0426. The number of carbonyl (C=O) groups excluding carboxylic acids is 1. The van der Waals surface area contributed by atoms with Crippen LogP contribution in [0.15, 0.2) is 36.7 Å². The first-order valence-electron chi connectivity index (χ1n) is 7.93. The molecule has 3 aromatic rings. The monoisotopic (exact) mass is 323 g/mol. The number of H-pyrrole nitrogens is 1. The largest absolute Gasteiger partial charge is 0.348 e. The second kappa shape index (κ2) is 6.23. The number of aromatic amines is 1. The zero-order valence-corrected chi connectivity index (χ0v) is 13.0. The van der Waals surface area contributed by atoms with Crippen molar-refractivity contribution in [2.24, 2.45) is 5.92 Å². The predicted molar refractivity (Wildman–Crippen MR) is 85.1 cm³/mol. The van der Waals surface area contributed by atoms with Crippen molar-refractivity contribution in [1.29, 1.82) is 0 Å². The van der Waals surface area contributed by atoms with Crippen molar-refractivity contribution in [3.8, 4) is 5.69 Å². The highest BCUT2D eigenvalue weighted by Gasteiger charge is 2.26. The molecule has 1 unspecified atom stereocenters. The molecule has 0 radical (unpaired) electrons. The maximum atomic E-state index is 12.4. The van der Waals surface area contributed by atoms with Crippen molar-refractivity contribution < 1.29 is 4.79 Å². The number of rotatable bonds is 4. The molecule has 2 aromatic heterocycles. The van der Waals surface area contributed by atoms with Crippen molar-refractivity contribution in [2.45, 2.75) is 25.8 Å². The van der Waals surface area contributed by atoms with Gasteiger partial charge in [-0.2, -0.15) is 4.68 Å². The summed E-state index contributed by atoms with van der Waals surface area (Å²) in [7, 11) is 0. The number of imidazole rings is 1. The van der Waals surface area contributed by atoms with Gasteiger partial charge in [0, 0.05) is 18.0 Å². The molecule has 1 amide bonds. The van der Waals surface area contributed by atoms with Crippen LogP contribution < -0.4 is 5.32 Å². The Hall–Kier alpha value is -3.03. The van der Waals surface area contributed by atoms with E-state index in [9.17, 15) is 4.79 Å². The number of fused-ring (bicyclic) bond motifs is 1. The van der Waals surface area contributed by atoms with Crippen LogP contribution in [0.25, 0.3) is 5.69 Å². The van der Waals surface area contributed by atoms with E-state index in [0.717, 1.165) is 29.9 Å². The Bertz CT molecular complexity index is 839. The van der Waals surface area contributed by atoms with E-state index >= 15 is 0 Å². The minimum Gasteiger partial charge on any atom is -0.348 e. The first kappa shape index (κ1) is 14.6. The number of nitrogens with zero attached hydrogens (tertiary/aromatic N) is 5. The van der Waals surface area contributed by atoms with Gasteiger partial charge in [0.15, 0.2) is 5.82 Å². The average molecular weight is 323 g/mol. The van der Waals surface area contributed by atoms with Crippen LogP contribution in [-0.2, 0) is 24.2 Å². The number of amides is 1. The van der Waals surface area contributed by atoms with Gasteiger partial charge in [0.05, 0.1) is 24.3 Å². The first-order valence-corrected chi connectivity index (χ1v) is 7.93. The summed E-state index contributed by atoms with van der Waals surface area (Å²) < 4.78 is 1.63. The van der Waals surface area contributed by atoms with Crippen molar-refractivity contribution in [3.05, 3.63) is 53.9 Å². The van der Waals surface area contributed by atoms with E-state index in [1.54, 1.807) is 11.0 Å². The normalized spacial score (nSPS) is 16.6. The average Bonchev–Trinajstić information content (AvgIpc) is 3.28. The van der Waals surface area contributed by atoms with Crippen molar-refractivity contribution in [1.82, 2.24) is 35.5 Å².